The number of amides is 1. The highest BCUT2D eigenvalue weighted by molar-refractivity contribution is 6.33. The Labute approximate surface area is 193 Å². The minimum atomic E-state index is -0.183. The number of fused-ring (bicyclic) bond motifs is 1. The van der Waals surface area contributed by atoms with E-state index in [1.165, 1.54) is 5.56 Å². The first-order valence-corrected chi connectivity index (χ1v) is 11.2. The summed E-state index contributed by atoms with van der Waals surface area (Å²) in [5, 5.41) is 3.39. The normalized spacial score (nSPS) is 10.9. The maximum atomic E-state index is 12.4. The minimum absolute atomic E-state index is 0.183. The molecule has 0 saturated heterocycles. The fourth-order valence-electron chi connectivity index (χ4n) is 3.67. The second kappa shape index (κ2) is 10.3. The van der Waals surface area contributed by atoms with Crippen LogP contribution in [0.3, 0.4) is 0 Å². The van der Waals surface area contributed by atoms with E-state index >= 15 is 0 Å². The lowest BCUT2D eigenvalue weighted by Gasteiger charge is -2.12. The fourth-order valence-corrected chi connectivity index (χ4v) is 3.89. The van der Waals surface area contributed by atoms with Crippen LogP contribution >= 0.6 is 11.6 Å². The zero-order chi connectivity index (χ0) is 22.3. The molecule has 0 unspecified atom stereocenters. The van der Waals surface area contributed by atoms with Crippen molar-refractivity contribution in [2.24, 2.45) is 0 Å². The van der Waals surface area contributed by atoms with Crippen molar-refractivity contribution in [2.75, 3.05) is 13.2 Å². The number of aromatic nitrogens is 2. The van der Waals surface area contributed by atoms with E-state index in [0.717, 1.165) is 29.0 Å². The summed E-state index contributed by atoms with van der Waals surface area (Å²) >= 11 is 6.13. The van der Waals surface area contributed by atoms with Gasteiger partial charge in [0.15, 0.2) is 0 Å². The van der Waals surface area contributed by atoms with Crippen LogP contribution in [0.4, 0.5) is 0 Å². The number of carbonyl (C=O) groups excluding carboxylic acids is 1. The molecule has 1 amide bonds. The number of nitrogens with one attached hydrogen (secondary N) is 1. The van der Waals surface area contributed by atoms with Crippen molar-refractivity contribution in [3.63, 3.8) is 0 Å². The summed E-state index contributed by atoms with van der Waals surface area (Å²) in [7, 11) is 0. The van der Waals surface area contributed by atoms with Crippen LogP contribution < -0.4 is 10.1 Å². The molecule has 5 nitrogen and oxygen atoms in total. The molecule has 0 aliphatic heterocycles. The van der Waals surface area contributed by atoms with Gasteiger partial charge in [-0.3, -0.25) is 4.79 Å². The zero-order valence-electron chi connectivity index (χ0n) is 18.1. The van der Waals surface area contributed by atoms with E-state index < -0.39 is 0 Å². The van der Waals surface area contributed by atoms with Gasteiger partial charge in [-0.1, -0.05) is 54.9 Å². The van der Waals surface area contributed by atoms with E-state index in [9.17, 15) is 4.79 Å². The first-order chi connectivity index (χ1) is 15.7. The van der Waals surface area contributed by atoms with Gasteiger partial charge in [-0.25, -0.2) is 4.98 Å². The first kappa shape index (κ1) is 21.9. The Kier molecular flexibility index (Phi) is 7.07. The van der Waals surface area contributed by atoms with E-state index in [1.54, 1.807) is 18.2 Å². The molecule has 3 aromatic carbocycles. The molecular weight excluding hydrogens is 422 g/mol. The topological polar surface area (TPSA) is 56.1 Å². The number of benzene rings is 3. The van der Waals surface area contributed by atoms with Gasteiger partial charge in [-0.05, 0) is 48.4 Å². The molecule has 1 aromatic heterocycles. The summed E-state index contributed by atoms with van der Waals surface area (Å²) in [6.07, 6.45) is 1.62. The second-order valence-electron chi connectivity index (χ2n) is 7.50. The SMILES string of the molecule is CCc1ccc(OCCn2c(CCNC(=O)c3ccccc3Cl)nc3ccccc32)cc1. The molecule has 32 heavy (non-hydrogen) atoms. The van der Waals surface area contributed by atoms with Crippen LogP contribution in [0.15, 0.2) is 72.8 Å². The fraction of sp³-hybridized carbons (Fsp3) is 0.231. The van der Waals surface area contributed by atoms with E-state index in [1.807, 2.05) is 36.4 Å². The van der Waals surface area contributed by atoms with Gasteiger partial charge in [-0.2, -0.15) is 0 Å². The standard InChI is InChI=1S/C26H26ClN3O2/c1-2-19-11-13-20(14-12-19)32-18-17-30-24-10-6-5-9-23(24)29-25(30)15-16-28-26(31)21-7-3-4-8-22(21)27/h3-14H,2,15-18H2,1H3,(H,28,31). The summed E-state index contributed by atoms with van der Waals surface area (Å²) in [5.41, 5.74) is 3.77. The Morgan fingerprint density at radius 2 is 1.78 bits per heavy atom. The number of nitrogens with zero attached hydrogens (tertiary/aromatic N) is 2. The Balaban J connectivity index is 1.41. The molecule has 0 aliphatic rings. The molecule has 1 heterocycles. The van der Waals surface area contributed by atoms with Gasteiger partial charge in [-0.15, -0.1) is 0 Å². The summed E-state index contributed by atoms with van der Waals surface area (Å²) in [6.45, 7) is 3.81. The molecule has 0 spiro atoms. The summed E-state index contributed by atoms with van der Waals surface area (Å²) < 4.78 is 8.13. The van der Waals surface area contributed by atoms with Crippen LogP contribution in [0.25, 0.3) is 11.0 Å². The van der Waals surface area contributed by atoms with Crippen LogP contribution in [-0.2, 0) is 19.4 Å². The highest BCUT2D eigenvalue weighted by Gasteiger charge is 2.13. The quantitative estimate of drug-likeness (QED) is 0.378. The first-order valence-electron chi connectivity index (χ1n) is 10.8. The largest absolute Gasteiger partial charge is 0.492 e. The van der Waals surface area contributed by atoms with E-state index in [0.29, 0.717) is 36.7 Å². The number of para-hydroxylation sites is 2. The number of imidazole rings is 1. The van der Waals surface area contributed by atoms with E-state index in [4.69, 9.17) is 21.3 Å². The van der Waals surface area contributed by atoms with Crippen LogP contribution in [0.2, 0.25) is 5.02 Å². The second-order valence-corrected chi connectivity index (χ2v) is 7.91. The van der Waals surface area contributed by atoms with Gasteiger partial charge in [0.25, 0.3) is 5.91 Å². The Hall–Kier alpha value is -3.31. The molecule has 1 N–H and O–H groups in total. The maximum absolute atomic E-state index is 12.4. The molecule has 0 atom stereocenters. The van der Waals surface area contributed by atoms with Gasteiger partial charge >= 0.3 is 0 Å². The lowest BCUT2D eigenvalue weighted by Crippen LogP contribution is -2.27. The highest BCUT2D eigenvalue weighted by atomic mass is 35.5. The van der Waals surface area contributed by atoms with E-state index in [-0.39, 0.29) is 5.91 Å². The van der Waals surface area contributed by atoms with Crippen molar-refractivity contribution in [3.8, 4) is 5.75 Å². The van der Waals surface area contributed by atoms with Gasteiger partial charge < -0.3 is 14.6 Å². The molecule has 4 rings (SSSR count). The van der Waals surface area contributed by atoms with Crippen LogP contribution in [-0.4, -0.2) is 28.6 Å². The Bertz CT molecular complexity index is 1200. The van der Waals surface area contributed by atoms with Gasteiger partial charge in [0.2, 0.25) is 0 Å². The molecule has 164 valence electrons. The lowest BCUT2D eigenvalue weighted by molar-refractivity contribution is 0.0954. The maximum Gasteiger partial charge on any atom is 0.252 e. The predicted molar refractivity (Wildman–Crippen MR) is 129 cm³/mol. The number of carbonyl (C=O) groups is 1. The number of aryl methyl sites for hydroxylation is 1. The Morgan fingerprint density at radius 1 is 1.03 bits per heavy atom. The van der Waals surface area contributed by atoms with Gasteiger partial charge in [0.05, 0.1) is 28.2 Å². The van der Waals surface area contributed by atoms with Crippen molar-refractivity contribution < 1.29 is 9.53 Å². The van der Waals surface area contributed by atoms with Crippen molar-refractivity contribution in [3.05, 3.63) is 94.8 Å². The average Bonchev–Trinajstić information content (AvgIpc) is 3.17. The smallest absolute Gasteiger partial charge is 0.252 e. The third-order valence-corrected chi connectivity index (χ3v) is 5.73. The average molecular weight is 448 g/mol. The van der Waals surface area contributed by atoms with Crippen molar-refractivity contribution >= 4 is 28.5 Å². The number of ether oxygens (including phenoxy) is 1. The minimum Gasteiger partial charge on any atom is -0.492 e. The molecular formula is C26H26ClN3O2. The van der Waals surface area contributed by atoms with Crippen LogP contribution in [0.5, 0.6) is 5.75 Å². The van der Waals surface area contributed by atoms with Crippen LogP contribution in [0.1, 0.15) is 28.7 Å². The number of halogens is 1. The molecule has 0 fully saturated rings. The third kappa shape index (κ3) is 5.11. The van der Waals surface area contributed by atoms with Gasteiger partial charge in [0.1, 0.15) is 18.2 Å². The van der Waals surface area contributed by atoms with Crippen molar-refractivity contribution in [1.82, 2.24) is 14.9 Å². The summed E-state index contributed by atoms with van der Waals surface area (Å²) in [6, 6.07) is 23.3. The third-order valence-electron chi connectivity index (χ3n) is 5.40. The summed E-state index contributed by atoms with van der Waals surface area (Å²) in [5.74, 6) is 1.59. The number of hydrogen-bond acceptors (Lipinski definition) is 3. The van der Waals surface area contributed by atoms with Crippen molar-refractivity contribution in [2.45, 2.75) is 26.3 Å². The lowest BCUT2D eigenvalue weighted by atomic mass is 10.2. The number of hydrogen-bond donors (Lipinski definition) is 1. The molecule has 4 aromatic rings. The van der Waals surface area contributed by atoms with Gasteiger partial charge in [0, 0.05) is 13.0 Å². The Morgan fingerprint density at radius 3 is 2.56 bits per heavy atom. The monoisotopic (exact) mass is 447 g/mol. The predicted octanol–water partition coefficient (Wildman–Crippen LogP) is 5.30. The molecule has 6 heteroatoms. The van der Waals surface area contributed by atoms with E-state index in [2.05, 4.69) is 35.0 Å². The highest BCUT2D eigenvalue weighted by Crippen LogP contribution is 2.18. The summed E-state index contributed by atoms with van der Waals surface area (Å²) in [4.78, 5) is 17.2. The molecule has 0 aliphatic carbocycles. The molecule has 0 saturated carbocycles. The molecule has 0 bridgehead atoms. The van der Waals surface area contributed by atoms with Crippen molar-refractivity contribution in [1.29, 1.82) is 0 Å². The number of rotatable bonds is 9. The molecule has 0 radical (unpaired) electrons. The van der Waals surface area contributed by atoms with Crippen LogP contribution in [0, 0.1) is 0 Å². The zero-order valence-corrected chi connectivity index (χ0v) is 18.8.